The van der Waals surface area contributed by atoms with Gasteiger partial charge in [0.2, 0.25) is 5.91 Å². The van der Waals surface area contributed by atoms with Crippen LogP contribution >= 0.6 is 0 Å². The average molecular weight is 458 g/mol. The molecule has 1 N–H and O–H groups in total. The van der Waals surface area contributed by atoms with Crippen LogP contribution in [0.25, 0.3) is 0 Å². The van der Waals surface area contributed by atoms with E-state index in [0.29, 0.717) is 11.1 Å². The van der Waals surface area contributed by atoms with Crippen LogP contribution in [0.2, 0.25) is 0 Å². The van der Waals surface area contributed by atoms with Crippen molar-refractivity contribution in [2.75, 3.05) is 13.2 Å². The number of halogens is 3. The molecule has 1 aliphatic rings. The van der Waals surface area contributed by atoms with Crippen molar-refractivity contribution < 1.29 is 37.0 Å². The lowest BCUT2D eigenvalue weighted by Crippen LogP contribution is -2.46. The zero-order chi connectivity index (χ0) is 24.2. The molecule has 2 amide bonds. The Morgan fingerprint density at radius 2 is 1.69 bits per heavy atom. The molecule has 0 unspecified atom stereocenters. The molecule has 0 heterocycles. The molecule has 1 aromatic carbocycles. The van der Waals surface area contributed by atoms with E-state index >= 15 is 0 Å². The molecule has 0 aliphatic heterocycles. The van der Waals surface area contributed by atoms with Gasteiger partial charge in [0.1, 0.15) is 17.6 Å². The summed E-state index contributed by atoms with van der Waals surface area (Å²) in [6, 6.07) is 6.67. The molecule has 1 aromatic rings. The maximum Gasteiger partial charge on any atom is 0.407 e. The number of benzene rings is 1. The van der Waals surface area contributed by atoms with Crippen molar-refractivity contribution in [3.63, 3.8) is 0 Å². The number of carbonyl (C=O) groups is 3. The van der Waals surface area contributed by atoms with Crippen LogP contribution in [0.15, 0.2) is 24.3 Å². The molecule has 0 saturated heterocycles. The normalized spacial score (nSPS) is 15.0. The van der Waals surface area contributed by atoms with Crippen molar-refractivity contribution in [1.82, 2.24) is 10.2 Å². The number of ether oxygens (including phenoxy) is 2. The molecule has 2 rings (SSSR count). The van der Waals surface area contributed by atoms with E-state index < -0.39 is 41.7 Å². The molecular formula is C22H29F3N2O5. The first kappa shape index (κ1) is 25.5. The van der Waals surface area contributed by atoms with Crippen molar-refractivity contribution >= 4 is 18.0 Å². The van der Waals surface area contributed by atoms with E-state index in [1.54, 1.807) is 52.0 Å². The molecule has 178 valence electrons. The Labute approximate surface area is 185 Å². The number of carbonyl (C=O) groups excluding carboxylic acids is 3. The van der Waals surface area contributed by atoms with Crippen LogP contribution in [-0.4, -0.2) is 47.8 Å². The summed E-state index contributed by atoms with van der Waals surface area (Å²) < 4.78 is 50.6. The van der Waals surface area contributed by atoms with E-state index in [9.17, 15) is 27.6 Å². The molecule has 0 atom stereocenters. The Morgan fingerprint density at radius 3 is 2.19 bits per heavy atom. The average Bonchev–Trinajstić information content (AvgIpc) is 3.47. The highest BCUT2D eigenvalue weighted by Crippen LogP contribution is 2.58. The van der Waals surface area contributed by atoms with Gasteiger partial charge in [0.25, 0.3) is 0 Å². The van der Waals surface area contributed by atoms with Crippen molar-refractivity contribution in [2.45, 2.75) is 65.4 Å². The summed E-state index contributed by atoms with van der Waals surface area (Å²) in [6.45, 7) is 5.97. The molecule has 10 heteroatoms. The maximum absolute atomic E-state index is 13.5. The predicted octanol–water partition coefficient (Wildman–Crippen LogP) is 3.95. The fraction of sp³-hybridized carbons (Fsp3) is 0.591. The summed E-state index contributed by atoms with van der Waals surface area (Å²) in [5.74, 6) is -1.93. The predicted molar refractivity (Wildman–Crippen MR) is 109 cm³/mol. The lowest BCUT2D eigenvalue weighted by Gasteiger charge is -2.28. The van der Waals surface area contributed by atoms with Gasteiger partial charge in [-0.3, -0.25) is 9.59 Å². The van der Waals surface area contributed by atoms with Crippen LogP contribution in [0.4, 0.5) is 18.0 Å². The molecule has 0 aromatic heterocycles. The molecule has 0 bridgehead atoms. The molecule has 1 saturated carbocycles. The van der Waals surface area contributed by atoms with Crippen molar-refractivity contribution in [1.29, 1.82) is 0 Å². The maximum atomic E-state index is 13.5. The first-order chi connectivity index (χ1) is 14.8. The van der Waals surface area contributed by atoms with E-state index in [0.717, 1.165) is 4.90 Å². The Morgan fingerprint density at radius 1 is 1.09 bits per heavy atom. The first-order valence-corrected chi connectivity index (χ1v) is 10.3. The molecule has 32 heavy (non-hydrogen) atoms. The highest BCUT2D eigenvalue weighted by atomic mass is 19.4. The highest BCUT2D eigenvalue weighted by Gasteiger charge is 2.69. The molecule has 7 nitrogen and oxygen atoms in total. The number of rotatable bonds is 8. The largest absolute Gasteiger partial charge is 0.465 e. The van der Waals surface area contributed by atoms with Crippen molar-refractivity contribution in [2.24, 2.45) is 5.41 Å². The number of hydrogen-bond donors (Lipinski definition) is 1. The molecular weight excluding hydrogens is 429 g/mol. The quantitative estimate of drug-likeness (QED) is 0.597. The molecule has 0 radical (unpaired) electrons. The fourth-order valence-electron chi connectivity index (χ4n) is 3.18. The topological polar surface area (TPSA) is 84.9 Å². The number of esters is 1. The van der Waals surface area contributed by atoms with E-state index in [1.165, 1.54) is 0 Å². The van der Waals surface area contributed by atoms with E-state index in [-0.39, 0.29) is 32.5 Å². The molecule has 1 fully saturated rings. The minimum atomic E-state index is -4.70. The summed E-state index contributed by atoms with van der Waals surface area (Å²) in [5.41, 5.74) is -2.07. The SMILES string of the molecule is CCOC(=O)CN(Cc1ccccc1CNC(=O)OC(C)(C)C)C(=O)C1(C(F)(F)F)CC1. The van der Waals surface area contributed by atoms with Gasteiger partial charge in [-0.1, -0.05) is 24.3 Å². The van der Waals surface area contributed by atoms with Crippen molar-refractivity contribution in [3.05, 3.63) is 35.4 Å². The second kappa shape index (κ2) is 9.79. The van der Waals surface area contributed by atoms with Crippen LogP contribution in [0.5, 0.6) is 0 Å². The van der Waals surface area contributed by atoms with E-state index in [2.05, 4.69) is 5.32 Å². The second-order valence-corrected chi connectivity index (χ2v) is 8.67. The minimum absolute atomic E-state index is 0.0386. The number of nitrogens with one attached hydrogen (secondary N) is 1. The fourth-order valence-corrected chi connectivity index (χ4v) is 3.18. The Hall–Kier alpha value is -2.78. The number of alkyl halides is 3. The minimum Gasteiger partial charge on any atom is -0.465 e. The number of amides is 2. The van der Waals surface area contributed by atoms with Gasteiger partial charge >= 0.3 is 18.2 Å². The summed E-state index contributed by atoms with van der Waals surface area (Å²) in [6.07, 6.45) is -5.97. The molecule has 0 spiro atoms. The zero-order valence-electron chi connectivity index (χ0n) is 18.7. The third kappa shape index (κ3) is 6.61. The number of alkyl carbamates (subject to hydrolysis) is 1. The van der Waals surface area contributed by atoms with Crippen LogP contribution in [0.1, 0.15) is 51.7 Å². The van der Waals surface area contributed by atoms with E-state index in [1.807, 2.05) is 0 Å². The third-order valence-electron chi connectivity index (χ3n) is 4.92. The monoisotopic (exact) mass is 458 g/mol. The van der Waals surface area contributed by atoms with Crippen LogP contribution < -0.4 is 5.32 Å². The van der Waals surface area contributed by atoms with E-state index in [4.69, 9.17) is 9.47 Å². The van der Waals surface area contributed by atoms with Gasteiger partial charge in [-0.25, -0.2) is 4.79 Å². The molecule has 1 aliphatic carbocycles. The zero-order valence-corrected chi connectivity index (χ0v) is 18.7. The van der Waals surface area contributed by atoms with Crippen molar-refractivity contribution in [3.8, 4) is 0 Å². The Bertz CT molecular complexity index is 845. The van der Waals surface area contributed by atoms with Gasteiger partial charge in [0.15, 0.2) is 0 Å². The summed E-state index contributed by atoms with van der Waals surface area (Å²) >= 11 is 0. The third-order valence-corrected chi connectivity index (χ3v) is 4.92. The van der Waals surface area contributed by atoms with Gasteiger partial charge in [0, 0.05) is 13.1 Å². The Balaban J connectivity index is 2.21. The summed E-state index contributed by atoms with van der Waals surface area (Å²) in [4.78, 5) is 37.7. The van der Waals surface area contributed by atoms with Gasteiger partial charge < -0.3 is 19.7 Å². The van der Waals surface area contributed by atoms with Gasteiger partial charge in [0.05, 0.1) is 6.61 Å². The lowest BCUT2D eigenvalue weighted by molar-refractivity contribution is -0.199. The number of hydrogen-bond acceptors (Lipinski definition) is 5. The summed E-state index contributed by atoms with van der Waals surface area (Å²) in [5, 5.41) is 2.59. The van der Waals surface area contributed by atoms with Crippen LogP contribution in [-0.2, 0) is 32.2 Å². The standard InChI is InChI=1S/C22H29F3N2O5/c1-5-31-17(28)14-27(18(29)21(10-11-21)22(23,24)25)13-16-9-7-6-8-15(16)12-26-19(30)32-20(2,3)4/h6-9H,5,10-14H2,1-4H3,(H,26,30). The highest BCUT2D eigenvalue weighted by molar-refractivity contribution is 5.89. The van der Waals surface area contributed by atoms with Crippen LogP contribution in [0, 0.1) is 5.41 Å². The van der Waals surface area contributed by atoms with Gasteiger partial charge in [-0.2, -0.15) is 13.2 Å². The van der Waals surface area contributed by atoms with Gasteiger partial charge in [-0.15, -0.1) is 0 Å². The second-order valence-electron chi connectivity index (χ2n) is 8.67. The number of nitrogens with zero attached hydrogens (tertiary/aromatic N) is 1. The van der Waals surface area contributed by atoms with Gasteiger partial charge in [-0.05, 0) is 51.7 Å². The first-order valence-electron chi connectivity index (χ1n) is 10.3. The Kier molecular flexibility index (Phi) is 7.79. The summed E-state index contributed by atoms with van der Waals surface area (Å²) in [7, 11) is 0. The van der Waals surface area contributed by atoms with Crippen LogP contribution in [0.3, 0.4) is 0 Å². The lowest BCUT2D eigenvalue weighted by atomic mass is 10.0. The smallest absolute Gasteiger partial charge is 0.407 e.